The maximum Gasteiger partial charge on any atom is 0.329 e. The number of amides is 3. The second-order valence-electron chi connectivity index (χ2n) is 6.55. The van der Waals surface area contributed by atoms with Gasteiger partial charge in [-0.3, -0.25) is 9.69 Å². The van der Waals surface area contributed by atoms with Gasteiger partial charge < -0.3 is 14.8 Å². The molecule has 1 fully saturated rings. The first-order valence-electron chi connectivity index (χ1n) is 9.42. The Bertz CT molecular complexity index is 954. The smallest absolute Gasteiger partial charge is 0.329 e. The van der Waals surface area contributed by atoms with E-state index in [-0.39, 0.29) is 18.1 Å². The number of carbonyl (C=O) groups excluding carboxylic acids is 2. The summed E-state index contributed by atoms with van der Waals surface area (Å²) >= 11 is 3.50. The molecule has 7 heteroatoms. The van der Waals surface area contributed by atoms with Gasteiger partial charge in [-0.1, -0.05) is 45.8 Å². The molecular weight excluding hydrogens is 436 g/mol. The molecule has 1 aliphatic rings. The van der Waals surface area contributed by atoms with Crippen LogP contribution in [0.3, 0.4) is 0 Å². The van der Waals surface area contributed by atoms with Gasteiger partial charge in [0.1, 0.15) is 5.70 Å². The molecule has 3 rings (SSSR count). The number of halogens is 1. The van der Waals surface area contributed by atoms with Crippen molar-refractivity contribution in [1.29, 1.82) is 0 Å². The van der Waals surface area contributed by atoms with Crippen molar-refractivity contribution < 1.29 is 19.1 Å². The predicted octanol–water partition coefficient (Wildman–Crippen LogP) is 4.65. The molecule has 1 N–H and O–H groups in total. The molecule has 0 radical (unpaired) electrons. The van der Waals surface area contributed by atoms with Crippen molar-refractivity contribution >= 4 is 33.9 Å². The van der Waals surface area contributed by atoms with Crippen LogP contribution in [0.5, 0.6) is 11.5 Å². The van der Waals surface area contributed by atoms with E-state index >= 15 is 0 Å². The SMILES string of the molecule is CCOc1cc(Br)c(/C=C2/NC(=O)N(Cc3ccc(C)cc3)C2=O)cc1OCC. The predicted molar refractivity (Wildman–Crippen MR) is 115 cm³/mol. The number of hydrogen-bond acceptors (Lipinski definition) is 4. The van der Waals surface area contributed by atoms with E-state index < -0.39 is 6.03 Å². The Hall–Kier alpha value is -2.80. The molecule has 2 aromatic rings. The normalized spacial score (nSPS) is 15.0. The quantitative estimate of drug-likeness (QED) is 0.484. The molecule has 0 aliphatic carbocycles. The average Bonchev–Trinajstić information content (AvgIpc) is 2.95. The summed E-state index contributed by atoms with van der Waals surface area (Å²) in [6, 6.07) is 10.9. The maximum absolute atomic E-state index is 12.8. The van der Waals surface area contributed by atoms with Crippen molar-refractivity contribution in [3.05, 3.63) is 63.3 Å². The highest BCUT2D eigenvalue weighted by molar-refractivity contribution is 9.10. The van der Waals surface area contributed by atoms with E-state index in [4.69, 9.17) is 9.47 Å². The third-order valence-corrected chi connectivity index (χ3v) is 5.07. The Labute approximate surface area is 178 Å². The van der Waals surface area contributed by atoms with Crippen LogP contribution in [0, 0.1) is 6.92 Å². The van der Waals surface area contributed by atoms with Gasteiger partial charge in [0.25, 0.3) is 5.91 Å². The average molecular weight is 459 g/mol. The largest absolute Gasteiger partial charge is 0.490 e. The van der Waals surface area contributed by atoms with Crippen LogP contribution < -0.4 is 14.8 Å². The molecule has 6 nitrogen and oxygen atoms in total. The Morgan fingerprint density at radius 2 is 1.66 bits per heavy atom. The number of aryl methyl sites for hydroxylation is 1. The second kappa shape index (κ2) is 9.13. The third kappa shape index (κ3) is 4.79. The Balaban J connectivity index is 1.86. The first-order valence-corrected chi connectivity index (χ1v) is 10.2. The number of rotatable bonds is 7. The standard InChI is InChI=1S/C22H23BrN2O4/c1-4-28-19-11-16(17(23)12-20(19)29-5-2)10-18-21(26)25(22(27)24-18)13-15-8-6-14(3)7-9-15/h6-12H,4-5,13H2,1-3H3,(H,24,27)/b18-10+. The first-order chi connectivity index (χ1) is 13.9. The lowest BCUT2D eigenvalue weighted by atomic mass is 10.1. The number of nitrogens with one attached hydrogen (secondary N) is 1. The van der Waals surface area contributed by atoms with E-state index in [0.29, 0.717) is 30.3 Å². The summed E-state index contributed by atoms with van der Waals surface area (Å²) in [4.78, 5) is 26.3. The number of hydrogen-bond donors (Lipinski definition) is 1. The lowest BCUT2D eigenvalue weighted by Gasteiger charge is -2.13. The molecule has 1 aliphatic heterocycles. The molecule has 152 valence electrons. The van der Waals surface area contributed by atoms with Gasteiger partial charge in [-0.15, -0.1) is 0 Å². The third-order valence-electron chi connectivity index (χ3n) is 4.39. The molecule has 1 saturated heterocycles. The molecule has 0 bridgehead atoms. The highest BCUT2D eigenvalue weighted by atomic mass is 79.9. The van der Waals surface area contributed by atoms with Gasteiger partial charge in [-0.05, 0) is 50.1 Å². The molecule has 0 atom stereocenters. The lowest BCUT2D eigenvalue weighted by molar-refractivity contribution is -0.123. The summed E-state index contributed by atoms with van der Waals surface area (Å²) in [5, 5.41) is 2.66. The highest BCUT2D eigenvalue weighted by Gasteiger charge is 2.33. The minimum atomic E-state index is -0.436. The van der Waals surface area contributed by atoms with Gasteiger partial charge >= 0.3 is 6.03 Å². The molecule has 0 spiro atoms. The summed E-state index contributed by atoms with van der Waals surface area (Å²) in [5.41, 5.74) is 2.94. The van der Waals surface area contributed by atoms with Gasteiger partial charge in [-0.2, -0.15) is 0 Å². The van der Waals surface area contributed by atoms with Crippen LogP contribution in [-0.2, 0) is 11.3 Å². The molecule has 0 aromatic heterocycles. The van der Waals surface area contributed by atoms with Crippen LogP contribution in [-0.4, -0.2) is 30.1 Å². The number of ether oxygens (including phenoxy) is 2. The maximum atomic E-state index is 12.8. The van der Waals surface area contributed by atoms with Crippen molar-refractivity contribution in [2.45, 2.75) is 27.3 Å². The number of benzene rings is 2. The fraction of sp³-hybridized carbons (Fsp3) is 0.273. The van der Waals surface area contributed by atoms with Crippen molar-refractivity contribution in [3.63, 3.8) is 0 Å². The van der Waals surface area contributed by atoms with Gasteiger partial charge in [0.2, 0.25) is 0 Å². The zero-order valence-electron chi connectivity index (χ0n) is 16.6. The van der Waals surface area contributed by atoms with Crippen molar-refractivity contribution in [2.24, 2.45) is 0 Å². The van der Waals surface area contributed by atoms with E-state index in [0.717, 1.165) is 15.6 Å². The minimum Gasteiger partial charge on any atom is -0.490 e. The molecule has 2 aromatic carbocycles. The van der Waals surface area contributed by atoms with Gasteiger partial charge in [0, 0.05) is 4.47 Å². The minimum absolute atomic E-state index is 0.217. The fourth-order valence-corrected chi connectivity index (χ4v) is 3.38. The number of carbonyl (C=O) groups is 2. The van der Waals surface area contributed by atoms with Gasteiger partial charge in [0.05, 0.1) is 19.8 Å². The Morgan fingerprint density at radius 3 is 2.28 bits per heavy atom. The highest BCUT2D eigenvalue weighted by Crippen LogP contribution is 2.35. The molecule has 29 heavy (non-hydrogen) atoms. The number of nitrogens with zero attached hydrogens (tertiary/aromatic N) is 1. The monoisotopic (exact) mass is 458 g/mol. The second-order valence-corrected chi connectivity index (χ2v) is 7.41. The van der Waals surface area contributed by atoms with Crippen LogP contribution in [0.2, 0.25) is 0 Å². The van der Waals surface area contributed by atoms with E-state index in [2.05, 4.69) is 21.2 Å². The summed E-state index contributed by atoms with van der Waals surface area (Å²) in [6.45, 7) is 6.99. The van der Waals surface area contributed by atoms with Crippen LogP contribution in [0.4, 0.5) is 4.79 Å². The summed E-state index contributed by atoms with van der Waals surface area (Å²) in [7, 11) is 0. The summed E-state index contributed by atoms with van der Waals surface area (Å²) in [6.07, 6.45) is 1.64. The van der Waals surface area contributed by atoms with Gasteiger partial charge in [0.15, 0.2) is 11.5 Å². The van der Waals surface area contributed by atoms with Gasteiger partial charge in [-0.25, -0.2) is 4.79 Å². The van der Waals surface area contributed by atoms with Crippen LogP contribution in [0.15, 0.2) is 46.6 Å². The van der Waals surface area contributed by atoms with Crippen LogP contribution >= 0.6 is 15.9 Å². The van der Waals surface area contributed by atoms with Crippen molar-refractivity contribution in [3.8, 4) is 11.5 Å². The van der Waals surface area contributed by atoms with E-state index in [9.17, 15) is 9.59 Å². The molecule has 0 saturated carbocycles. The zero-order chi connectivity index (χ0) is 21.0. The molecule has 3 amide bonds. The van der Waals surface area contributed by atoms with Crippen molar-refractivity contribution in [1.82, 2.24) is 10.2 Å². The van der Waals surface area contributed by atoms with Crippen molar-refractivity contribution in [2.75, 3.05) is 13.2 Å². The number of urea groups is 1. The first kappa shape index (κ1) is 20.9. The molecule has 1 heterocycles. The zero-order valence-corrected chi connectivity index (χ0v) is 18.2. The topological polar surface area (TPSA) is 67.9 Å². The van der Waals surface area contributed by atoms with E-state index in [1.165, 1.54) is 4.90 Å². The van der Waals surface area contributed by atoms with E-state index in [1.807, 2.05) is 45.0 Å². The van der Waals surface area contributed by atoms with E-state index in [1.54, 1.807) is 18.2 Å². The Morgan fingerprint density at radius 1 is 1.03 bits per heavy atom. The van der Waals surface area contributed by atoms with Crippen LogP contribution in [0.25, 0.3) is 6.08 Å². The Kier molecular flexibility index (Phi) is 6.59. The molecule has 0 unspecified atom stereocenters. The summed E-state index contributed by atoms with van der Waals surface area (Å²) in [5.74, 6) is 0.832. The summed E-state index contributed by atoms with van der Waals surface area (Å²) < 4.78 is 12.0. The van der Waals surface area contributed by atoms with Crippen LogP contribution in [0.1, 0.15) is 30.5 Å². The molecular formula is C22H23BrN2O4. The lowest BCUT2D eigenvalue weighted by Crippen LogP contribution is -2.30. The number of imide groups is 1. The fourth-order valence-electron chi connectivity index (χ4n) is 2.94.